The van der Waals surface area contributed by atoms with Gasteiger partial charge in [0.2, 0.25) is 5.91 Å². The SMILES string of the molecule is O=C(NCC(O)(c1ccco1)c1cccs1)C(=O)Nc1cc2c3c(c1)CCN3C(=O)CC2. The number of hydrogen-bond acceptors (Lipinski definition) is 6. The minimum atomic E-state index is -1.58. The van der Waals surface area contributed by atoms with Crippen LogP contribution in [0.3, 0.4) is 0 Å². The molecule has 1 atom stereocenters. The molecule has 32 heavy (non-hydrogen) atoms. The number of amides is 3. The molecule has 3 amide bonds. The number of aryl methyl sites for hydroxylation is 1. The first kappa shape index (κ1) is 20.5. The second-order valence-corrected chi connectivity index (χ2v) is 8.84. The van der Waals surface area contributed by atoms with Gasteiger partial charge in [0, 0.05) is 23.5 Å². The normalized spacial score (nSPS) is 16.4. The molecule has 0 saturated heterocycles. The molecule has 2 aromatic heterocycles. The Kier molecular flexibility index (Phi) is 5.07. The monoisotopic (exact) mass is 451 g/mol. The zero-order valence-corrected chi connectivity index (χ0v) is 17.9. The molecule has 3 N–H and O–H groups in total. The van der Waals surface area contributed by atoms with Gasteiger partial charge in [0.05, 0.1) is 18.5 Å². The summed E-state index contributed by atoms with van der Waals surface area (Å²) in [6.45, 7) is 0.424. The Labute approximate surface area is 187 Å². The lowest BCUT2D eigenvalue weighted by atomic mass is 9.98. The molecule has 1 unspecified atom stereocenters. The lowest BCUT2D eigenvalue weighted by Crippen LogP contribution is -2.44. The predicted octanol–water partition coefficient (Wildman–Crippen LogP) is 2.17. The second-order valence-electron chi connectivity index (χ2n) is 7.89. The van der Waals surface area contributed by atoms with Gasteiger partial charge < -0.3 is 25.1 Å². The Morgan fingerprint density at radius 1 is 1.12 bits per heavy atom. The summed E-state index contributed by atoms with van der Waals surface area (Å²) in [5.74, 6) is -1.29. The first-order chi connectivity index (χ1) is 15.5. The molecule has 0 saturated carbocycles. The van der Waals surface area contributed by atoms with Gasteiger partial charge in [-0.05, 0) is 59.7 Å². The third kappa shape index (κ3) is 3.49. The lowest BCUT2D eigenvalue weighted by molar-refractivity contribution is -0.136. The Bertz CT molecular complexity index is 1150. The molecule has 1 aromatic carbocycles. The van der Waals surface area contributed by atoms with Crippen LogP contribution in [0.2, 0.25) is 0 Å². The maximum Gasteiger partial charge on any atom is 0.313 e. The van der Waals surface area contributed by atoms with Crippen LogP contribution < -0.4 is 15.5 Å². The van der Waals surface area contributed by atoms with E-state index in [9.17, 15) is 19.5 Å². The predicted molar refractivity (Wildman–Crippen MR) is 118 cm³/mol. The van der Waals surface area contributed by atoms with E-state index < -0.39 is 17.4 Å². The second kappa shape index (κ2) is 7.92. The maximum atomic E-state index is 12.5. The van der Waals surface area contributed by atoms with Crippen LogP contribution in [-0.2, 0) is 32.8 Å². The summed E-state index contributed by atoms with van der Waals surface area (Å²) in [6, 6.07) is 10.4. The highest BCUT2D eigenvalue weighted by Gasteiger charge is 2.37. The van der Waals surface area contributed by atoms with Crippen molar-refractivity contribution in [1.29, 1.82) is 0 Å². The molecule has 164 valence electrons. The van der Waals surface area contributed by atoms with E-state index in [0.29, 0.717) is 30.0 Å². The number of hydrogen-bond donors (Lipinski definition) is 3. The Morgan fingerprint density at radius 3 is 2.66 bits per heavy atom. The highest BCUT2D eigenvalue weighted by Crippen LogP contribution is 2.38. The average Bonchev–Trinajstić information content (AvgIpc) is 3.56. The number of anilines is 2. The number of carbonyl (C=O) groups excluding carboxylic acids is 3. The van der Waals surface area contributed by atoms with E-state index in [1.807, 2.05) is 17.5 Å². The molecule has 3 aromatic rings. The fraction of sp³-hybridized carbons (Fsp3) is 0.261. The van der Waals surface area contributed by atoms with E-state index in [1.54, 1.807) is 29.2 Å². The summed E-state index contributed by atoms with van der Waals surface area (Å²) < 4.78 is 5.38. The molecule has 0 radical (unpaired) electrons. The van der Waals surface area contributed by atoms with Gasteiger partial charge in [-0.2, -0.15) is 0 Å². The van der Waals surface area contributed by atoms with Crippen LogP contribution in [0.4, 0.5) is 11.4 Å². The third-order valence-electron chi connectivity index (χ3n) is 5.88. The van der Waals surface area contributed by atoms with Crippen molar-refractivity contribution in [1.82, 2.24) is 5.32 Å². The molecule has 4 heterocycles. The Balaban J connectivity index is 1.29. The van der Waals surface area contributed by atoms with Crippen molar-refractivity contribution in [3.8, 4) is 0 Å². The number of thiophene rings is 1. The molecule has 5 rings (SSSR count). The fourth-order valence-corrected chi connectivity index (χ4v) is 5.16. The fourth-order valence-electron chi connectivity index (χ4n) is 4.33. The van der Waals surface area contributed by atoms with Crippen molar-refractivity contribution in [3.05, 3.63) is 69.8 Å². The van der Waals surface area contributed by atoms with Gasteiger partial charge in [0.15, 0.2) is 5.60 Å². The Morgan fingerprint density at radius 2 is 1.94 bits per heavy atom. The van der Waals surface area contributed by atoms with Crippen LogP contribution >= 0.6 is 11.3 Å². The molecule has 0 spiro atoms. The van der Waals surface area contributed by atoms with E-state index in [-0.39, 0.29) is 18.2 Å². The standard InChI is InChI=1S/C23H21N3O5S/c27-19-6-5-14-11-16(12-15-7-8-26(19)20(14)15)25-22(29)21(28)24-13-23(30,17-3-1-9-31-17)18-4-2-10-32-18/h1-4,9-12,30H,5-8,13H2,(H,24,28)(H,25,29). The van der Waals surface area contributed by atoms with Crippen molar-refractivity contribution < 1.29 is 23.9 Å². The minimum absolute atomic E-state index is 0.127. The van der Waals surface area contributed by atoms with Gasteiger partial charge in [0.1, 0.15) is 5.76 Å². The van der Waals surface area contributed by atoms with Crippen molar-refractivity contribution in [2.45, 2.75) is 24.9 Å². The largest absolute Gasteiger partial charge is 0.466 e. The smallest absolute Gasteiger partial charge is 0.313 e. The summed E-state index contributed by atoms with van der Waals surface area (Å²) >= 11 is 1.32. The highest BCUT2D eigenvalue weighted by molar-refractivity contribution is 7.10. The topological polar surface area (TPSA) is 112 Å². The van der Waals surface area contributed by atoms with E-state index >= 15 is 0 Å². The van der Waals surface area contributed by atoms with Gasteiger partial charge in [-0.15, -0.1) is 11.3 Å². The van der Waals surface area contributed by atoms with Crippen molar-refractivity contribution in [2.24, 2.45) is 0 Å². The third-order valence-corrected chi connectivity index (χ3v) is 6.90. The zero-order chi connectivity index (χ0) is 22.3. The van der Waals surface area contributed by atoms with Gasteiger partial charge in [0.25, 0.3) is 0 Å². The van der Waals surface area contributed by atoms with Gasteiger partial charge in [-0.25, -0.2) is 0 Å². The number of rotatable bonds is 5. The van der Waals surface area contributed by atoms with Crippen LogP contribution in [-0.4, -0.2) is 35.9 Å². The molecular formula is C23H21N3O5S. The van der Waals surface area contributed by atoms with E-state index in [4.69, 9.17) is 4.42 Å². The molecule has 8 nitrogen and oxygen atoms in total. The number of aliphatic hydroxyl groups is 1. The zero-order valence-electron chi connectivity index (χ0n) is 17.1. The lowest BCUT2D eigenvalue weighted by Gasteiger charge is -2.26. The van der Waals surface area contributed by atoms with Gasteiger partial charge >= 0.3 is 11.8 Å². The molecule has 2 aliphatic rings. The van der Waals surface area contributed by atoms with Crippen LogP contribution in [0.15, 0.2) is 52.5 Å². The molecule has 0 aliphatic carbocycles. The number of nitrogens with zero attached hydrogens (tertiary/aromatic N) is 1. The van der Waals surface area contributed by atoms with Crippen LogP contribution in [0.25, 0.3) is 0 Å². The molecule has 0 fully saturated rings. The first-order valence-electron chi connectivity index (χ1n) is 10.3. The summed E-state index contributed by atoms with van der Waals surface area (Å²) in [5.41, 5.74) is 1.88. The average molecular weight is 452 g/mol. The number of carbonyl (C=O) groups is 3. The molecule has 0 bridgehead atoms. The van der Waals surface area contributed by atoms with Crippen LogP contribution in [0.5, 0.6) is 0 Å². The van der Waals surface area contributed by atoms with Crippen molar-refractivity contribution in [3.63, 3.8) is 0 Å². The van der Waals surface area contributed by atoms with Crippen molar-refractivity contribution in [2.75, 3.05) is 23.3 Å². The molecular weight excluding hydrogens is 430 g/mol. The van der Waals surface area contributed by atoms with E-state index in [2.05, 4.69) is 10.6 Å². The van der Waals surface area contributed by atoms with Gasteiger partial charge in [-0.3, -0.25) is 14.4 Å². The van der Waals surface area contributed by atoms with Gasteiger partial charge in [-0.1, -0.05) is 6.07 Å². The van der Waals surface area contributed by atoms with Crippen molar-refractivity contribution >= 4 is 40.4 Å². The number of benzene rings is 1. The van der Waals surface area contributed by atoms with E-state index in [1.165, 1.54) is 17.6 Å². The van der Waals surface area contributed by atoms with Crippen LogP contribution in [0, 0.1) is 0 Å². The molecule has 9 heteroatoms. The number of nitrogens with one attached hydrogen (secondary N) is 2. The molecule has 2 aliphatic heterocycles. The summed E-state index contributed by atoms with van der Waals surface area (Å²) in [6.07, 6.45) is 3.22. The summed E-state index contributed by atoms with van der Waals surface area (Å²) in [7, 11) is 0. The highest BCUT2D eigenvalue weighted by atomic mass is 32.1. The van der Waals surface area contributed by atoms with Crippen LogP contribution in [0.1, 0.15) is 28.2 Å². The Hall–Kier alpha value is -3.43. The first-order valence-corrected chi connectivity index (χ1v) is 11.2. The van der Waals surface area contributed by atoms with E-state index in [0.717, 1.165) is 23.2 Å². The quantitative estimate of drug-likeness (QED) is 0.515. The number of furan rings is 1. The minimum Gasteiger partial charge on any atom is -0.466 e. The summed E-state index contributed by atoms with van der Waals surface area (Å²) in [5, 5.41) is 18.2. The maximum absolute atomic E-state index is 12.5. The summed E-state index contributed by atoms with van der Waals surface area (Å²) in [4.78, 5) is 39.5.